The van der Waals surface area contributed by atoms with E-state index in [0.29, 0.717) is 18.9 Å². The summed E-state index contributed by atoms with van der Waals surface area (Å²) in [6, 6.07) is 12.3. The van der Waals surface area contributed by atoms with Crippen LogP contribution in [0, 0.1) is 11.6 Å². The highest BCUT2D eigenvalue weighted by molar-refractivity contribution is 5.76. The fraction of sp³-hybridized carbons (Fsp3) is 0.200. The second kappa shape index (κ2) is 9.54. The molecule has 0 aliphatic heterocycles. The van der Waals surface area contributed by atoms with Crippen molar-refractivity contribution in [1.82, 2.24) is 20.5 Å². The molecule has 0 atom stereocenters. The van der Waals surface area contributed by atoms with E-state index in [1.54, 1.807) is 0 Å². The second-order valence-electron chi connectivity index (χ2n) is 6.09. The number of ether oxygens (including phenoxy) is 1. The zero-order chi connectivity index (χ0) is 20.6. The van der Waals surface area contributed by atoms with Crippen molar-refractivity contribution >= 4 is 5.91 Å². The average molecular weight is 400 g/mol. The van der Waals surface area contributed by atoms with Gasteiger partial charge in [0.25, 0.3) is 5.56 Å². The van der Waals surface area contributed by atoms with Crippen molar-refractivity contribution < 1.29 is 18.3 Å². The molecule has 0 fully saturated rings. The largest absolute Gasteiger partial charge is 0.492 e. The van der Waals surface area contributed by atoms with Gasteiger partial charge >= 0.3 is 0 Å². The summed E-state index contributed by atoms with van der Waals surface area (Å²) < 4.78 is 31.8. The number of benzene rings is 2. The van der Waals surface area contributed by atoms with Crippen molar-refractivity contribution in [2.45, 2.75) is 12.8 Å². The number of aromatic nitrogens is 3. The highest BCUT2D eigenvalue weighted by Crippen LogP contribution is 2.16. The summed E-state index contributed by atoms with van der Waals surface area (Å²) in [5, 5.41) is 10.3. The van der Waals surface area contributed by atoms with Gasteiger partial charge in [0.1, 0.15) is 18.1 Å². The smallest absolute Gasteiger partial charge is 0.273 e. The lowest BCUT2D eigenvalue weighted by Gasteiger charge is -2.07. The van der Waals surface area contributed by atoms with Crippen molar-refractivity contribution in [1.29, 1.82) is 0 Å². The minimum atomic E-state index is -1.05. The van der Waals surface area contributed by atoms with Crippen LogP contribution in [0.15, 0.2) is 53.3 Å². The number of rotatable bonds is 8. The van der Waals surface area contributed by atoms with Crippen LogP contribution >= 0.6 is 0 Å². The molecule has 0 unspecified atom stereocenters. The summed E-state index contributed by atoms with van der Waals surface area (Å²) in [5.74, 6) is -1.58. The number of H-pyrrole nitrogens is 1. The number of carbonyl (C=O) groups is 1. The van der Waals surface area contributed by atoms with Crippen LogP contribution in [-0.2, 0) is 11.2 Å². The van der Waals surface area contributed by atoms with Gasteiger partial charge in [0.05, 0.1) is 6.54 Å². The lowest BCUT2D eigenvalue weighted by Crippen LogP contribution is -2.29. The maximum Gasteiger partial charge on any atom is 0.273 e. The molecule has 9 heteroatoms. The zero-order valence-electron chi connectivity index (χ0n) is 15.3. The van der Waals surface area contributed by atoms with E-state index in [0.717, 1.165) is 12.1 Å². The SMILES string of the molecule is O=C(CCc1nnc(-c2ccc(F)c(F)c2)[nH]c1=O)NCCOc1ccccc1. The maximum absolute atomic E-state index is 13.3. The fourth-order valence-corrected chi connectivity index (χ4v) is 2.49. The molecule has 2 N–H and O–H groups in total. The first-order valence-corrected chi connectivity index (χ1v) is 8.89. The minimum Gasteiger partial charge on any atom is -0.492 e. The van der Waals surface area contributed by atoms with Crippen LogP contribution < -0.4 is 15.6 Å². The monoisotopic (exact) mass is 400 g/mol. The van der Waals surface area contributed by atoms with Crippen LogP contribution in [0.5, 0.6) is 5.75 Å². The van der Waals surface area contributed by atoms with Gasteiger partial charge in [-0.3, -0.25) is 9.59 Å². The number of aromatic amines is 1. The fourth-order valence-electron chi connectivity index (χ4n) is 2.49. The van der Waals surface area contributed by atoms with E-state index >= 15 is 0 Å². The van der Waals surface area contributed by atoms with E-state index in [1.165, 1.54) is 6.07 Å². The van der Waals surface area contributed by atoms with Crippen LogP contribution in [0.2, 0.25) is 0 Å². The molecule has 0 aliphatic rings. The molecule has 0 radical (unpaired) electrons. The third-order valence-corrected chi connectivity index (χ3v) is 3.98. The predicted molar refractivity (Wildman–Crippen MR) is 101 cm³/mol. The molecule has 1 amide bonds. The van der Waals surface area contributed by atoms with Crippen LogP contribution in [0.3, 0.4) is 0 Å². The lowest BCUT2D eigenvalue weighted by molar-refractivity contribution is -0.121. The van der Waals surface area contributed by atoms with Gasteiger partial charge in [0, 0.05) is 18.4 Å². The minimum absolute atomic E-state index is 0.0140. The Kier molecular flexibility index (Phi) is 6.62. The van der Waals surface area contributed by atoms with Crippen LogP contribution in [0.25, 0.3) is 11.4 Å². The molecule has 0 saturated carbocycles. The first kappa shape index (κ1) is 20.1. The molecule has 0 spiro atoms. The molecule has 150 valence electrons. The molecular formula is C20H18F2N4O3. The average Bonchev–Trinajstić information content (AvgIpc) is 2.73. The van der Waals surface area contributed by atoms with Gasteiger partial charge in [-0.25, -0.2) is 8.78 Å². The van der Waals surface area contributed by atoms with Gasteiger partial charge in [-0.2, -0.15) is 0 Å². The Labute approximate surface area is 164 Å². The molecule has 0 bridgehead atoms. The van der Waals surface area contributed by atoms with E-state index in [2.05, 4.69) is 20.5 Å². The van der Waals surface area contributed by atoms with E-state index < -0.39 is 17.2 Å². The van der Waals surface area contributed by atoms with Gasteiger partial charge in [-0.1, -0.05) is 18.2 Å². The summed E-state index contributed by atoms with van der Waals surface area (Å²) in [6.07, 6.45) is 0.138. The molecule has 0 aliphatic carbocycles. The molecule has 2 aromatic carbocycles. The lowest BCUT2D eigenvalue weighted by atomic mass is 10.2. The molecular weight excluding hydrogens is 382 g/mol. The normalized spacial score (nSPS) is 10.6. The summed E-state index contributed by atoms with van der Waals surface area (Å²) >= 11 is 0. The number of hydrogen-bond donors (Lipinski definition) is 2. The highest BCUT2D eigenvalue weighted by atomic mass is 19.2. The number of aryl methyl sites for hydroxylation is 1. The van der Waals surface area contributed by atoms with Gasteiger partial charge in [0.2, 0.25) is 5.91 Å². The Morgan fingerprint density at radius 1 is 1.07 bits per heavy atom. The van der Waals surface area contributed by atoms with Gasteiger partial charge in [-0.05, 0) is 30.3 Å². The van der Waals surface area contributed by atoms with Gasteiger partial charge in [0.15, 0.2) is 17.5 Å². The quantitative estimate of drug-likeness (QED) is 0.566. The van der Waals surface area contributed by atoms with Crippen LogP contribution in [-0.4, -0.2) is 34.2 Å². The van der Waals surface area contributed by atoms with E-state index in [9.17, 15) is 18.4 Å². The zero-order valence-corrected chi connectivity index (χ0v) is 15.3. The number of halogens is 2. The number of para-hydroxylation sites is 1. The first-order valence-electron chi connectivity index (χ1n) is 8.89. The molecule has 3 aromatic rings. The number of carbonyl (C=O) groups excluding carboxylic acids is 1. The van der Waals surface area contributed by atoms with Gasteiger partial charge in [-0.15, -0.1) is 10.2 Å². The third kappa shape index (κ3) is 5.68. The molecule has 0 saturated heterocycles. The van der Waals surface area contributed by atoms with E-state index in [4.69, 9.17) is 4.74 Å². The van der Waals surface area contributed by atoms with Crippen molar-refractivity contribution in [3.8, 4) is 17.1 Å². The summed E-state index contributed by atoms with van der Waals surface area (Å²) in [6.45, 7) is 0.643. The Bertz CT molecular complexity index is 1040. The van der Waals surface area contributed by atoms with Crippen molar-refractivity contribution in [3.05, 3.63) is 76.2 Å². The van der Waals surface area contributed by atoms with Crippen molar-refractivity contribution in [3.63, 3.8) is 0 Å². The summed E-state index contributed by atoms with van der Waals surface area (Å²) in [5.41, 5.74) is -0.275. The second-order valence-corrected chi connectivity index (χ2v) is 6.09. The number of hydrogen-bond acceptors (Lipinski definition) is 5. The molecule has 1 aromatic heterocycles. The Morgan fingerprint density at radius 3 is 2.59 bits per heavy atom. The summed E-state index contributed by atoms with van der Waals surface area (Å²) in [7, 11) is 0. The first-order chi connectivity index (χ1) is 14.0. The van der Waals surface area contributed by atoms with Crippen LogP contribution in [0.1, 0.15) is 12.1 Å². The molecule has 7 nitrogen and oxygen atoms in total. The molecule has 3 rings (SSSR count). The Hall–Kier alpha value is -3.62. The third-order valence-electron chi connectivity index (χ3n) is 3.98. The van der Waals surface area contributed by atoms with Crippen molar-refractivity contribution in [2.75, 3.05) is 13.2 Å². The summed E-state index contributed by atoms with van der Waals surface area (Å²) in [4.78, 5) is 26.5. The molecule has 1 heterocycles. The maximum atomic E-state index is 13.3. The molecule has 29 heavy (non-hydrogen) atoms. The Morgan fingerprint density at radius 2 is 1.86 bits per heavy atom. The highest BCUT2D eigenvalue weighted by Gasteiger charge is 2.11. The number of nitrogens with zero attached hydrogens (tertiary/aromatic N) is 2. The predicted octanol–water partition coefficient (Wildman–Crippen LogP) is 2.24. The van der Waals surface area contributed by atoms with Crippen LogP contribution in [0.4, 0.5) is 8.78 Å². The number of nitrogens with one attached hydrogen (secondary N) is 2. The number of amides is 1. The Balaban J connectivity index is 1.48. The van der Waals surface area contributed by atoms with Crippen molar-refractivity contribution in [2.24, 2.45) is 0 Å². The van der Waals surface area contributed by atoms with E-state index in [1.807, 2.05) is 30.3 Å². The standard InChI is InChI=1S/C20H18F2N4O3/c21-15-7-6-13(12-16(15)22)19-24-20(28)17(25-26-19)8-9-18(27)23-10-11-29-14-4-2-1-3-5-14/h1-7,12H,8-11H2,(H,23,27)(H,24,26,28). The van der Waals surface area contributed by atoms with Gasteiger partial charge < -0.3 is 15.0 Å². The topological polar surface area (TPSA) is 97.0 Å². The van der Waals surface area contributed by atoms with E-state index in [-0.39, 0.29) is 35.8 Å².